The maximum atomic E-state index is 4.62. The molecule has 0 radical (unpaired) electrons. The van der Waals surface area contributed by atoms with E-state index >= 15 is 0 Å². The van der Waals surface area contributed by atoms with Crippen molar-refractivity contribution in [2.24, 2.45) is 0 Å². The van der Waals surface area contributed by atoms with E-state index in [1.54, 1.807) is 0 Å². The number of rotatable bonds is 5. The van der Waals surface area contributed by atoms with Crippen molar-refractivity contribution in [2.75, 3.05) is 18.1 Å². The van der Waals surface area contributed by atoms with Crippen LogP contribution >= 0.6 is 11.8 Å². The lowest BCUT2D eigenvalue weighted by Gasteiger charge is -2.09. The molecule has 0 spiro atoms. The van der Waals surface area contributed by atoms with E-state index in [1.165, 1.54) is 17.3 Å². The lowest BCUT2D eigenvalue weighted by molar-refractivity contribution is 0.777. The van der Waals surface area contributed by atoms with Gasteiger partial charge in [0.15, 0.2) is 11.0 Å². The van der Waals surface area contributed by atoms with Gasteiger partial charge in [0, 0.05) is 18.3 Å². The molecule has 108 valence electrons. The summed E-state index contributed by atoms with van der Waals surface area (Å²) in [6, 6.07) is 1.95. The van der Waals surface area contributed by atoms with Gasteiger partial charge < -0.3 is 5.32 Å². The summed E-state index contributed by atoms with van der Waals surface area (Å²) in [7, 11) is 0. The Labute approximate surface area is 124 Å². The first-order chi connectivity index (χ1) is 9.60. The molecule has 0 bridgehead atoms. The minimum Gasteiger partial charge on any atom is -0.370 e. The van der Waals surface area contributed by atoms with E-state index in [4.69, 9.17) is 0 Å². The predicted octanol–water partition coefficient (Wildman–Crippen LogP) is 3.00. The zero-order valence-electron chi connectivity index (χ0n) is 12.7. The van der Waals surface area contributed by atoms with Crippen LogP contribution in [-0.4, -0.2) is 32.5 Å². The molecule has 2 heterocycles. The van der Waals surface area contributed by atoms with Crippen LogP contribution in [0.25, 0.3) is 5.82 Å². The molecular formula is C14H21N5S. The molecule has 20 heavy (non-hydrogen) atoms. The summed E-state index contributed by atoms with van der Waals surface area (Å²) in [5.74, 6) is 1.66. The zero-order chi connectivity index (χ0) is 14.7. The predicted molar refractivity (Wildman–Crippen MR) is 84.0 cm³/mol. The van der Waals surface area contributed by atoms with Crippen molar-refractivity contribution in [3.05, 3.63) is 23.0 Å². The second-order valence-corrected chi connectivity index (χ2v) is 5.32. The van der Waals surface area contributed by atoms with Crippen LogP contribution in [-0.2, 0) is 6.42 Å². The molecule has 0 aliphatic rings. The number of hydrogen-bond donors (Lipinski definition) is 1. The number of nitrogens with zero attached hydrogens (tertiary/aromatic N) is 4. The molecule has 0 amide bonds. The van der Waals surface area contributed by atoms with Crippen molar-refractivity contribution in [1.29, 1.82) is 0 Å². The number of nitrogens with one attached hydrogen (secondary N) is 1. The first-order valence-electron chi connectivity index (χ1n) is 6.83. The van der Waals surface area contributed by atoms with Crippen molar-refractivity contribution in [1.82, 2.24) is 19.7 Å². The SMILES string of the molecule is CCNc1cc(-n2nc(C)c(CC)c2C)nc(SC)n1. The van der Waals surface area contributed by atoms with E-state index in [9.17, 15) is 0 Å². The molecule has 2 rings (SSSR count). The number of thioether (sulfide) groups is 1. The summed E-state index contributed by atoms with van der Waals surface area (Å²) >= 11 is 1.54. The minimum absolute atomic E-state index is 0.754. The summed E-state index contributed by atoms with van der Waals surface area (Å²) in [6.45, 7) is 9.18. The Bertz CT molecular complexity index is 606. The Balaban J connectivity index is 2.54. The molecule has 2 aromatic heterocycles. The van der Waals surface area contributed by atoms with Gasteiger partial charge in [-0.3, -0.25) is 0 Å². The molecule has 0 saturated carbocycles. The number of aromatic nitrogens is 4. The van der Waals surface area contributed by atoms with Crippen molar-refractivity contribution in [3.8, 4) is 5.82 Å². The van der Waals surface area contributed by atoms with Crippen LogP contribution in [0.5, 0.6) is 0 Å². The topological polar surface area (TPSA) is 55.6 Å². The van der Waals surface area contributed by atoms with Gasteiger partial charge in [0.25, 0.3) is 0 Å². The Hall–Kier alpha value is -1.56. The molecule has 5 nitrogen and oxygen atoms in total. The number of anilines is 1. The van der Waals surface area contributed by atoms with Gasteiger partial charge in [-0.25, -0.2) is 14.6 Å². The normalized spacial score (nSPS) is 10.8. The Morgan fingerprint density at radius 3 is 2.55 bits per heavy atom. The van der Waals surface area contributed by atoms with E-state index in [-0.39, 0.29) is 0 Å². The second kappa shape index (κ2) is 6.26. The molecule has 1 N–H and O–H groups in total. The van der Waals surface area contributed by atoms with Gasteiger partial charge in [-0.05, 0) is 39.0 Å². The monoisotopic (exact) mass is 291 g/mol. The van der Waals surface area contributed by atoms with Gasteiger partial charge in [0.1, 0.15) is 5.82 Å². The molecule has 0 aliphatic heterocycles. The van der Waals surface area contributed by atoms with Crippen LogP contribution in [0.2, 0.25) is 0 Å². The van der Waals surface area contributed by atoms with E-state index < -0.39 is 0 Å². The third-order valence-corrected chi connectivity index (χ3v) is 3.79. The molecule has 0 aromatic carbocycles. The third-order valence-electron chi connectivity index (χ3n) is 3.24. The maximum absolute atomic E-state index is 4.62. The first kappa shape index (κ1) is 14.8. The standard InChI is InChI=1S/C14H21N5S/c1-6-11-9(3)18-19(10(11)4)13-8-12(15-7-2)16-14(17-13)20-5/h8H,6-7H2,1-5H3,(H,15,16,17). The van der Waals surface area contributed by atoms with Gasteiger partial charge in [-0.2, -0.15) is 5.10 Å². The zero-order valence-corrected chi connectivity index (χ0v) is 13.5. The van der Waals surface area contributed by atoms with Crippen molar-refractivity contribution >= 4 is 17.6 Å². The smallest absolute Gasteiger partial charge is 0.191 e. The van der Waals surface area contributed by atoms with Crippen molar-refractivity contribution in [3.63, 3.8) is 0 Å². The fourth-order valence-corrected chi connectivity index (χ4v) is 2.67. The molecule has 0 fully saturated rings. The van der Waals surface area contributed by atoms with E-state index in [1.807, 2.05) is 23.9 Å². The van der Waals surface area contributed by atoms with Crippen LogP contribution in [0.3, 0.4) is 0 Å². The molecule has 0 unspecified atom stereocenters. The fraction of sp³-hybridized carbons (Fsp3) is 0.500. The first-order valence-corrected chi connectivity index (χ1v) is 8.05. The Kier molecular flexibility index (Phi) is 4.65. The van der Waals surface area contributed by atoms with Gasteiger partial charge in [-0.1, -0.05) is 18.7 Å². The number of aryl methyl sites for hydroxylation is 1. The molecule has 0 aliphatic carbocycles. The van der Waals surface area contributed by atoms with E-state index in [0.29, 0.717) is 0 Å². The lowest BCUT2D eigenvalue weighted by atomic mass is 10.1. The van der Waals surface area contributed by atoms with Crippen molar-refractivity contribution in [2.45, 2.75) is 39.3 Å². The fourth-order valence-electron chi connectivity index (χ4n) is 2.29. The van der Waals surface area contributed by atoms with Crippen LogP contribution in [0.1, 0.15) is 30.8 Å². The van der Waals surface area contributed by atoms with Crippen molar-refractivity contribution < 1.29 is 0 Å². The average Bonchev–Trinajstić information content (AvgIpc) is 2.73. The van der Waals surface area contributed by atoms with Crippen LogP contribution in [0, 0.1) is 13.8 Å². The molecular weight excluding hydrogens is 270 g/mol. The molecule has 0 saturated heterocycles. The summed E-state index contributed by atoms with van der Waals surface area (Å²) in [5.41, 5.74) is 3.51. The third kappa shape index (κ3) is 2.80. The molecule has 0 atom stereocenters. The van der Waals surface area contributed by atoms with Gasteiger partial charge in [0.05, 0.1) is 5.69 Å². The van der Waals surface area contributed by atoms with Crippen LogP contribution in [0.4, 0.5) is 5.82 Å². The highest BCUT2D eigenvalue weighted by atomic mass is 32.2. The van der Waals surface area contributed by atoms with Crippen LogP contribution in [0.15, 0.2) is 11.2 Å². The molecule has 6 heteroatoms. The largest absolute Gasteiger partial charge is 0.370 e. The second-order valence-electron chi connectivity index (χ2n) is 4.54. The minimum atomic E-state index is 0.754. The van der Waals surface area contributed by atoms with E-state index in [0.717, 1.165) is 41.1 Å². The van der Waals surface area contributed by atoms with Gasteiger partial charge in [-0.15, -0.1) is 0 Å². The Morgan fingerprint density at radius 1 is 1.25 bits per heavy atom. The highest BCUT2D eigenvalue weighted by Gasteiger charge is 2.13. The van der Waals surface area contributed by atoms with Crippen LogP contribution < -0.4 is 5.32 Å². The number of hydrogen-bond acceptors (Lipinski definition) is 5. The Morgan fingerprint density at radius 2 is 2.00 bits per heavy atom. The summed E-state index contributed by atoms with van der Waals surface area (Å²) < 4.78 is 1.91. The highest BCUT2D eigenvalue weighted by Crippen LogP contribution is 2.21. The highest BCUT2D eigenvalue weighted by molar-refractivity contribution is 7.98. The average molecular weight is 291 g/mol. The maximum Gasteiger partial charge on any atom is 0.191 e. The summed E-state index contributed by atoms with van der Waals surface area (Å²) in [6.07, 6.45) is 2.96. The van der Waals surface area contributed by atoms with Gasteiger partial charge >= 0.3 is 0 Å². The quantitative estimate of drug-likeness (QED) is 0.678. The summed E-state index contributed by atoms with van der Waals surface area (Å²) in [5, 5.41) is 8.61. The lowest BCUT2D eigenvalue weighted by Crippen LogP contribution is -2.07. The molecule has 2 aromatic rings. The van der Waals surface area contributed by atoms with E-state index in [2.05, 4.69) is 41.2 Å². The summed E-state index contributed by atoms with van der Waals surface area (Å²) in [4.78, 5) is 9.01. The van der Waals surface area contributed by atoms with Gasteiger partial charge in [0.2, 0.25) is 0 Å².